The second kappa shape index (κ2) is 7.92. The maximum Gasteiger partial charge on any atom is 0.118 e. The predicted molar refractivity (Wildman–Crippen MR) is 121 cm³/mol. The highest BCUT2D eigenvalue weighted by Crippen LogP contribution is 2.42. The first-order valence-corrected chi connectivity index (χ1v) is 10.6. The third-order valence-corrected chi connectivity index (χ3v) is 6.02. The molecule has 1 aliphatic heterocycles. The van der Waals surface area contributed by atoms with Crippen LogP contribution in [0.2, 0.25) is 0 Å². The summed E-state index contributed by atoms with van der Waals surface area (Å²) in [6.45, 7) is 4.55. The zero-order valence-corrected chi connectivity index (χ0v) is 17.3. The number of aromatic nitrogens is 2. The summed E-state index contributed by atoms with van der Waals surface area (Å²) in [5.74, 6) is 1.13. The number of imidazole rings is 1. The Morgan fingerprint density at radius 2 is 1.43 bits per heavy atom. The van der Waals surface area contributed by atoms with Crippen LogP contribution in [0.1, 0.15) is 24.7 Å². The molecular weight excluding hydrogens is 368 g/mol. The smallest absolute Gasteiger partial charge is 0.118 e. The van der Waals surface area contributed by atoms with Gasteiger partial charge in [0.2, 0.25) is 0 Å². The van der Waals surface area contributed by atoms with Crippen LogP contribution in [0, 0.1) is 0 Å². The standard InChI is InChI=1S/C27H26N2O/c1-27(20-30-19-21-11-5-2-6-12-21)17-18-29-25(23-15-9-4-10-16-23)24(28-26(27)29)22-13-7-3-8-14-22/h2-16H,17-20H2,1H3/t27-/m0/s1. The number of nitrogens with zero attached hydrogens (tertiary/aromatic N) is 2. The molecule has 2 heterocycles. The number of fused-ring (bicyclic) bond motifs is 1. The molecule has 0 radical (unpaired) electrons. The molecule has 1 atom stereocenters. The van der Waals surface area contributed by atoms with Crippen LogP contribution in [0.5, 0.6) is 0 Å². The van der Waals surface area contributed by atoms with Crippen LogP contribution < -0.4 is 0 Å². The summed E-state index contributed by atoms with van der Waals surface area (Å²) in [6, 6.07) is 31.5. The minimum absolute atomic E-state index is 0.0919. The van der Waals surface area contributed by atoms with Gasteiger partial charge in [0.1, 0.15) is 5.82 Å². The van der Waals surface area contributed by atoms with Crippen molar-refractivity contribution in [1.29, 1.82) is 0 Å². The molecular formula is C27H26N2O. The van der Waals surface area contributed by atoms with Crippen molar-refractivity contribution >= 4 is 0 Å². The van der Waals surface area contributed by atoms with Gasteiger partial charge in [0.25, 0.3) is 0 Å². The fraction of sp³-hybridized carbons (Fsp3) is 0.222. The first-order chi connectivity index (χ1) is 14.7. The minimum Gasteiger partial charge on any atom is -0.376 e. The number of rotatable bonds is 6. The molecule has 3 aromatic carbocycles. The lowest BCUT2D eigenvalue weighted by Crippen LogP contribution is -2.26. The maximum absolute atomic E-state index is 6.17. The van der Waals surface area contributed by atoms with Crippen molar-refractivity contribution in [1.82, 2.24) is 9.55 Å². The average molecular weight is 395 g/mol. The van der Waals surface area contributed by atoms with Crippen LogP contribution in [0.4, 0.5) is 0 Å². The third-order valence-electron chi connectivity index (χ3n) is 6.02. The van der Waals surface area contributed by atoms with Crippen molar-refractivity contribution < 1.29 is 4.74 Å². The Bertz CT molecular complexity index is 1120. The van der Waals surface area contributed by atoms with E-state index < -0.39 is 0 Å². The van der Waals surface area contributed by atoms with Gasteiger partial charge in [0.15, 0.2) is 0 Å². The summed E-state index contributed by atoms with van der Waals surface area (Å²) in [5.41, 5.74) is 5.76. The highest BCUT2D eigenvalue weighted by atomic mass is 16.5. The van der Waals surface area contributed by atoms with Gasteiger partial charge < -0.3 is 9.30 Å². The molecule has 3 heteroatoms. The lowest BCUT2D eigenvalue weighted by atomic mass is 9.89. The first-order valence-electron chi connectivity index (χ1n) is 10.6. The van der Waals surface area contributed by atoms with E-state index in [-0.39, 0.29) is 5.41 Å². The third kappa shape index (κ3) is 3.46. The second-order valence-corrected chi connectivity index (χ2v) is 8.31. The first kappa shape index (κ1) is 18.8. The molecule has 1 aliphatic rings. The van der Waals surface area contributed by atoms with E-state index in [0.717, 1.165) is 30.0 Å². The number of hydrogen-bond donors (Lipinski definition) is 0. The summed E-state index contributed by atoms with van der Waals surface area (Å²) in [6.07, 6.45) is 1.04. The SMILES string of the molecule is C[C@@]1(COCc2ccccc2)CCn2c1nc(-c1ccccc1)c2-c1ccccc1. The molecule has 0 N–H and O–H groups in total. The highest BCUT2D eigenvalue weighted by Gasteiger charge is 2.39. The fourth-order valence-corrected chi connectivity index (χ4v) is 4.39. The van der Waals surface area contributed by atoms with Gasteiger partial charge in [-0.3, -0.25) is 0 Å². The topological polar surface area (TPSA) is 27.1 Å². The van der Waals surface area contributed by atoms with Crippen LogP contribution in [0.25, 0.3) is 22.5 Å². The lowest BCUT2D eigenvalue weighted by Gasteiger charge is -2.22. The largest absolute Gasteiger partial charge is 0.376 e. The van der Waals surface area contributed by atoms with Gasteiger partial charge in [-0.25, -0.2) is 4.98 Å². The van der Waals surface area contributed by atoms with Gasteiger partial charge in [-0.2, -0.15) is 0 Å². The Labute approximate surface area is 178 Å². The Morgan fingerprint density at radius 3 is 2.10 bits per heavy atom. The molecule has 0 fully saturated rings. The van der Waals surface area contributed by atoms with Crippen molar-refractivity contribution in [3.8, 4) is 22.5 Å². The molecule has 30 heavy (non-hydrogen) atoms. The van der Waals surface area contributed by atoms with E-state index in [2.05, 4.69) is 96.4 Å². The van der Waals surface area contributed by atoms with E-state index in [0.29, 0.717) is 13.2 Å². The average Bonchev–Trinajstić information content (AvgIpc) is 3.34. The molecule has 0 saturated carbocycles. The summed E-state index contributed by atoms with van der Waals surface area (Å²) >= 11 is 0. The molecule has 3 nitrogen and oxygen atoms in total. The van der Waals surface area contributed by atoms with E-state index in [4.69, 9.17) is 9.72 Å². The number of ether oxygens (including phenoxy) is 1. The van der Waals surface area contributed by atoms with Crippen LogP contribution >= 0.6 is 0 Å². The second-order valence-electron chi connectivity index (χ2n) is 8.31. The summed E-state index contributed by atoms with van der Waals surface area (Å²) in [7, 11) is 0. The Kier molecular flexibility index (Phi) is 4.97. The van der Waals surface area contributed by atoms with Crippen LogP contribution in [0.15, 0.2) is 91.0 Å². The van der Waals surface area contributed by atoms with Crippen molar-refractivity contribution in [2.75, 3.05) is 6.61 Å². The Morgan fingerprint density at radius 1 is 0.833 bits per heavy atom. The van der Waals surface area contributed by atoms with E-state index >= 15 is 0 Å². The molecule has 150 valence electrons. The van der Waals surface area contributed by atoms with Crippen LogP contribution in [-0.2, 0) is 23.3 Å². The summed E-state index contributed by atoms with van der Waals surface area (Å²) in [5, 5.41) is 0. The molecule has 0 saturated heterocycles. The van der Waals surface area contributed by atoms with Crippen LogP contribution in [0.3, 0.4) is 0 Å². The van der Waals surface area contributed by atoms with Gasteiger partial charge in [-0.1, -0.05) is 97.9 Å². The summed E-state index contributed by atoms with van der Waals surface area (Å²) < 4.78 is 8.58. The number of benzene rings is 3. The fourth-order valence-electron chi connectivity index (χ4n) is 4.39. The Hall–Kier alpha value is -3.17. The van der Waals surface area contributed by atoms with E-state index in [1.54, 1.807) is 0 Å². The zero-order chi connectivity index (χ0) is 20.4. The van der Waals surface area contributed by atoms with Gasteiger partial charge in [-0.05, 0) is 12.0 Å². The Balaban J connectivity index is 1.50. The maximum atomic E-state index is 6.17. The molecule has 0 spiro atoms. The normalized spacial score (nSPS) is 17.8. The van der Waals surface area contributed by atoms with Crippen molar-refractivity contribution in [2.24, 2.45) is 0 Å². The summed E-state index contributed by atoms with van der Waals surface area (Å²) in [4.78, 5) is 5.20. The van der Waals surface area contributed by atoms with E-state index in [1.807, 2.05) is 6.07 Å². The van der Waals surface area contributed by atoms with Crippen LogP contribution in [-0.4, -0.2) is 16.2 Å². The van der Waals surface area contributed by atoms with Gasteiger partial charge in [0.05, 0.1) is 30.0 Å². The van der Waals surface area contributed by atoms with Crippen molar-refractivity contribution in [2.45, 2.75) is 31.9 Å². The van der Waals surface area contributed by atoms with Crippen molar-refractivity contribution in [3.63, 3.8) is 0 Å². The van der Waals surface area contributed by atoms with Gasteiger partial charge in [-0.15, -0.1) is 0 Å². The minimum atomic E-state index is -0.0919. The quantitative estimate of drug-likeness (QED) is 0.395. The molecule has 0 unspecified atom stereocenters. The van der Waals surface area contributed by atoms with E-state index in [1.165, 1.54) is 16.8 Å². The molecule has 0 bridgehead atoms. The monoisotopic (exact) mass is 394 g/mol. The van der Waals surface area contributed by atoms with Gasteiger partial charge in [0, 0.05) is 17.7 Å². The number of hydrogen-bond acceptors (Lipinski definition) is 2. The zero-order valence-electron chi connectivity index (χ0n) is 17.3. The molecule has 4 aromatic rings. The highest BCUT2D eigenvalue weighted by molar-refractivity contribution is 5.79. The van der Waals surface area contributed by atoms with Crippen molar-refractivity contribution in [3.05, 3.63) is 102 Å². The predicted octanol–water partition coefficient (Wildman–Crippen LogP) is 6.10. The van der Waals surface area contributed by atoms with E-state index in [9.17, 15) is 0 Å². The lowest BCUT2D eigenvalue weighted by molar-refractivity contribution is 0.0755. The molecule has 1 aromatic heterocycles. The molecule has 0 aliphatic carbocycles. The van der Waals surface area contributed by atoms with Gasteiger partial charge >= 0.3 is 0 Å². The molecule has 5 rings (SSSR count). The molecule has 0 amide bonds.